The fourth-order valence-electron chi connectivity index (χ4n) is 1.79. The van der Waals surface area contributed by atoms with Crippen LogP contribution in [0.15, 0.2) is 0 Å². The van der Waals surface area contributed by atoms with Crippen molar-refractivity contribution < 1.29 is 43.1 Å². The molecule has 0 aromatic rings. The third kappa shape index (κ3) is 17.4. The first-order valence-electron chi connectivity index (χ1n) is 8.16. The summed E-state index contributed by atoms with van der Waals surface area (Å²) in [5.41, 5.74) is 4.60. The summed E-state index contributed by atoms with van der Waals surface area (Å²) in [6, 6.07) is 0. The zero-order chi connectivity index (χ0) is 15.1. The van der Waals surface area contributed by atoms with Crippen LogP contribution in [0.1, 0.15) is 53.4 Å². The lowest BCUT2D eigenvalue weighted by Gasteiger charge is -1.99. The molecule has 0 saturated heterocycles. The van der Waals surface area contributed by atoms with Crippen molar-refractivity contribution in [3.8, 4) is 0 Å². The molecule has 0 aliphatic rings. The lowest BCUT2D eigenvalue weighted by atomic mass is 10.2. The lowest BCUT2D eigenvalue weighted by Crippen LogP contribution is -3.00. The molecular formula is C16H34Br2N2S2. The van der Waals surface area contributed by atoms with Crippen LogP contribution in [0.25, 0.3) is 0 Å². The fourth-order valence-corrected chi connectivity index (χ4v) is 3.76. The molecule has 0 saturated carbocycles. The molecule has 0 bridgehead atoms. The number of nitrogens with zero attached hydrogens (tertiary/aromatic N) is 2. The second-order valence-electron chi connectivity index (χ2n) is 4.81. The van der Waals surface area contributed by atoms with Gasteiger partial charge in [0.2, 0.25) is 0 Å². The van der Waals surface area contributed by atoms with Crippen molar-refractivity contribution in [3.63, 3.8) is 0 Å². The van der Waals surface area contributed by atoms with Crippen LogP contribution in [0.2, 0.25) is 0 Å². The van der Waals surface area contributed by atoms with E-state index >= 15 is 0 Å². The summed E-state index contributed by atoms with van der Waals surface area (Å²) in [6.07, 6.45) is 5.47. The highest BCUT2D eigenvalue weighted by Gasteiger charge is 1.97. The largest absolute Gasteiger partial charge is 1.00 e. The van der Waals surface area contributed by atoms with Crippen LogP contribution in [0.5, 0.6) is 0 Å². The minimum Gasteiger partial charge on any atom is -1.00 e. The number of thioether (sulfide) groups is 2. The molecule has 0 heterocycles. The molecule has 134 valence electrons. The van der Waals surface area contributed by atoms with Crippen molar-refractivity contribution in [2.75, 3.05) is 37.7 Å². The summed E-state index contributed by atoms with van der Waals surface area (Å²) < 4.78 is 4.73. The first-order valence-corrected chi connectivity index (χ1v) is 10.3. The van der Waals surface area contributed by atoms with E-state index in [1.54, 1.807) is 0 Å². The quantitative estimate of drug-likeness (QED) is 0.133. The van der Waals surface area contributed by atoms with Gasteiger partial charge in [0.15, 0.2) is 11.1 Å². The van der Waals surface area contributed by atoms with E-state index in [-0.39, 0.29) is 34.0 Å². The van der Waals surface area contributed by atoms with Crippen LogP contribution in [0.4, 0.5) is 0 Å². The molecule has 0 unspecified atom stereocenters. The fraction of sp³-hybridized carbons (Fsp3) is 0.875. The van der Waals surface area contributed by atoms with Gasteiger partial charge in [-0.05, 0) is 40.5 Å². The zero-order valence-electron chi connectivity index (χ0n) is 14.7. The minimum atomic E-state index is 0. The standard InChI is InChI=1S/C16H34N2S2.2BrH/c1-5-17(6-2)15-19-13-11-9-10-12-14-20-16-18(7-3)8-4;;/h15-16H,5-14H2,1-4H3;2*1H/q+2;;/p-2. The van der Waals surface area contributed by atoms with E-state index in [1.165, 1.54) is 37.2 Å². The van der Waals surface area contributed by atoms with Gasteiger partial charge in [0.05, 0.1) is 0 Å². The Labute approximate surface area is 168 Å². The SMILES string of the molecule is CC[N+](=CSCCCCCCSC=[N+](CC)CC)CC.[Br-].[Br-]. The van der Waals surface area contributed by atoms with Crippen LogP contribution in [-0.4, -0.2) is 57.9 Å². The Kier molecular flexibility index (Phi) is 27.8. The third-order valence-corrected chi connectivity index (χ3v) is 5.29. The van der Waals surface area contributed by atoms with E-state index in [0.29, 0.717) is 0 Å². The maximum Gasteiger partial charge on any atom is 0.197 e. The van der Waals surface area contributed by atoms with Gasteiger partial charge in [0.25, 0.3) is 0 Å². The summed E-state index contributed by atoms with van der Waals surface area (Å²) in [6.45, 7) is 13.4. The molecule has 0 rings (SSSR count). The first-order chi connectivity index (χ1) is 9.78. The number of hydrogen-bond acceptors (Lipinski definition) is 2. The highest BCUT2D eigenvalue weighted by molar-refractivity contribution is 8.12. The van der Waals surface area contributed by atoms with Gasteiger partial charge >= 0.3 is 0 Å². The molecule has 22 heavy (non-hydrogen) atoms. The summed E-state index contributed by atoms with van der Waals surface area (Å²) in [4.78, 5) is 0. The van der Waals surface area contributed by atoms with E-state index in [9.17, 15) is 0 Å². The van der Waals surface area contributed by atoms with E-state index < -0.39 is 0 Å². The van der Waals surface area contributed by atoms with Gasteiger partial charge in [0.1, 0.15) is 26.2 Å². The molecule has 0 aliphatic carbocycles. The summed E-state index contributed by atoms with van der Waals surface area (Å²) in [7, 11) is 0. The molecular weight excluding hydrogens is 444 g/mol. The number of hydrogen-bond donors (Lipinski definition) is 0. The molecule has 0 spiro atoms. The van der Waals surface area contributed by atoms with E-state index in [4.69, 9.17) is 0 Å². The number of unbranched alkanes of at least 4 members (excludes halogenated alkanes) is 3. The van der Waals surface area contributed by atoms with Gasteiger partial charge in [-0.15, -0.1) is 0 Å². The Bertz CT molecular complexity index is 245. The number of rotatable bonds is 13. The topological polar surface area (TPSA) is 6.02 Å². The average molecular weight is 478 g/mol. The lowest BCUT2D eigenvalue weighted by molar-refractivity contribution is -0.513. The highest BCUT2D eigenvalue weighted by Crippen LogP contribution is 2.08. The van der Waals surface area contributed by atoms with E-state index in [1.807, 2.05) is 23.5 Å². The normalized spacial score (nSPS) is 9.45. The molecule has 6 heteroatoms. The molecule has 0 aliphatic heterocycles. The van der Waals surface area contributed by atoms with Crippen molar-refractivity contribution in [1.29, 1.82) is 0 Å². The van der Waals surface area contributed by atoms with E-state index in [0.717, 1.165) is 26.2 Å². The van der Waals surface area contributed by atoms with Crippen molar-refractivity contribution in [1.82, 2.24) is 0 Å². The van der Waals surface area contributed by atoms with Crippen LogP contribution < -0.4 is 34.0 Å². The van der Waals surface area contributed by atoms with Gasteiger partial charge in [-0.1, -0.05) is 36.4 Å². The van der Waals surface area contributed by atoms with Gasteiger partial charge < -0.3 is 34.0 Å². The molecule has 0 amide bonds. The summed E-state index contributed by atoms with van der Waals surface area (Å²) >= 11 is 3.94. The molecule has 2 nitrogen and oxygen atoms in total. The van der Waals surface area contributed by atoms with E-state index in [2.05, 4.69) is 47.9 Å². The Balaban J connectivity index is -0.00000180. The van der Waals surface area contributed by atoms with Gasteiger partial charge in [0, 0.05) is 11.5 Å². The Hall–Kier alpha value is 1.000. The van der Waals surface area contributed by atoms with Crippen LogP contribution in [0.3, 0.4) is 0 Å². The van der Waals surface area contributed by atoms with Crippen molar-refractivity contribution >= 4 is 34.6 Å². The number of halogens is 2. The van der Waals surface area contributed by atoms with Gasteiger partial charge in [-0.2, -0.15) is 0 Å². The predicted octanol–water partition coefficient (Wildman–Crippen LogP) is -1.82. The Morgan fingerprint density at radius 3 is 1.18 bits per heavy atom. The second-order valence-corrected chi connectivity index (χ2v) is 6.71. The van der Waals surface area contributed by atoms with Gasteiger partial charge in [-0.25, -0.2) is 9.15 Å². The minimum absolute atomic E-state index is 0. The zero-order valence-corrected chi connectivity index (χ0v) is 19.5. The third-order valence-electron chi connectivity index (χ3n) is 3.35. The maximum atomic E-state index is 2.37. The molecule has 0 N–H and O–H groups in total. The Morgan fingerprint density at radius 1 is 0.591 bits per heavy atom. The van der Waals surface area contributed by atoms with Crippen LogP contribution in [-0.2, 0) is 0 Å². The molecule has 0 aromatic carbocycles. The van der Waals surface area contributed by atoms with Crippen LogP contribution >= 0.6 is 23.5 Å². The van der Waals surface area contributed by atoms with Crippen molar-refractivity contribution in [2.45, 2.75) is 53.4 Å². The average Bonchev–Trinajstić information content (AvgIpc) is 2.49. The smallest absolute Gasteiger partial charge is 0.197 e. The molecule has 0 aromatic heterocycles. The molecule has 0 atom stereocenters. The summed E-state index contributed by atoms with van der Waals surface area (Å²) in [5.74, 6) is 2.55. The highest BCUT2D eigenvalue weighted by atomic mass is 79.9. The van der Waals surface area contributed by atoms with Gasteiger partial charge in [-0.3, -0.25) is 0 Å². The monoisotopic (exact) mass is 476 g/mol. The molecule has 0 fully saturated rings. The summed E-state index contributed by atoms with van der Waals surface area (Å²) in [5, 5.41) is 0. The van der Waals surface area contributed by atoms with Crippen molar-refractivity contribution in [2.24, 2.45) is 0 Å². The predicted molar refractivity (Wildman–Crippen MR) is 98.2 cm³/mol. The second kappa shape index (κ2) is 22.0. The van der Waals surface area contributed by atoms with Crippen LogP contribution in [0, 0.1) is 0 Å². The Morgan fingerprint density at radius 2 is 0.909 bits per heavy atom. The van der Waals surface area contributed by atoms with Crippen molar-refractivity contribution in [3.05, 3.63) is 0 Å². The maximum absolute atomic E-state index is 2.37. The first kappa shape index (κ1) is 27.8. The molecule has 0 radical (unpaired) electrons.